The predicted molar refractivity (Wildman–Crippen MR) is 103 cm³/mol. The smallest absolute Gasteiger partial charge is 0.243 e. The largest absolute Gasteiger partial charge is 0.494 e. The molecule has 0 spiro atoms. The zero-order valence-corrected chi connectivity index (χ0v) is 16.0. The van der Waals surface area contributed by atoms with Crippen LogP contribution in [-0.4, -0.2) is 33.2 Å². The Kier molecular flexibility index (Phi) is 6.63. The number of hydrogen-bond acceptors (Lipinski definition) is 4. The van der Waals surface area contributed by atoms with Gasteiger partial charge in [-0.05, 0) is 32.0 Å². The van der Waals surface area contributed by atoms with Gasteiger partial charge in [0.25, 0.3) is 0 Å². The van der Waals surface area contributed by atoms with Crippen LogP contribution in [0, 0.1) is 0 Å². The Morgan fingerprint density at radius 3 is 2.35 bits per heavy atom. The summed E-state index contributed by atoms with van der Waals surface area (Å²) in [5.74, 6) is 0.316. The number of carbonyl (C=O) groups excluding carboxylic acids is 1. The molecule has 140 valence electrons. The average Bonchev–Trinajstić information content (AvgIpc) is 2.60. The molecule has 0 fully saturated rings. The number of para-hydroxylation sites is 2. The Morgan fingerprint density at radius 1 is 1.12 bits per heavy atom. The van der Waals surface area contributed by atoms with E-state index < -0.39 is 16.1 Å². The highest BCUT2D eigenvalue weighted by Crippen LogP contribution is 2.21. The highest BCUT2D eigenvalue weighted by molar-refractivity contribution is 7.92. The Hall–Kier alpha value is -2.54. The SMILES string of the molecule is CCOc1ccccc1CNC(=O)C(C)N(c1ccccc1)S(C)(=O)=O. The monoisotopic (exact) mass is 376 g/mol. The summed E-state index contributed by atoms with van der Waals surface area (Å²) in [4.78, 5) is 12.6. The van der Waals surface area contributed by atoms with Gasteiger partial charge in [0.15, 0.2) is 0 Å². The molecule has 0 aliphatic rings. The van der Waals surface area contributed by atoms with Gasteiger partial charge in [0.05, 0.1) is 18.6 Å². The lowest BCUT2D eigenvalue weighted by Gasteiger charge is -2.28. The number of amides is 1. The third kappa shape index (κ3) is 4.98. The molecule has 0 bridgehead atoms. The van der Waals surface area contributed by atoms with Gasteiger partial charge in [0, 0.05) is 12.1 Å². The van der Waals surface area contributed by atoms with E-state index in [-0.39, 0.29) is 12.5 Å². The first kappa shape index (κ1) is 19.8. The molecule has 1 amide bonds. The minimum absolute atomic E-state index is 0.256. The molecular weight excluding hydrogens is 352 g/mol. The fourth-order valence-electron chi connectivity index (χ4n) is 2.66. The summed E-state index contributed by atoms with van der Waals surface area (Å²) in [5.41, 5.74) is 1.29. The lowest BCUT2D eigenvalue weighted by Crippen LogP contribution is -2.47. The van der Waals surface area contributed by atoms with Crippen molar-refractivity contribution in [1.29, 1.82) is 0 Å². The molecule has 2 rings (SSSR count). The van der Waals surface area contributed by atoms with Gasteiger partial charge in [0.2, 0.25) is 15.9 Å². The molecule has 0 heterocycles. The van der Waals surface area contributed by atoms with Crippen molar-refractivity contribution in [3.63, 3.8) is 0 Å². The fraction of sp³-hybridized carbons (Fsp3) is 0.316. The lowest BCUT2D eigenvalue weighted by molar-refractivity contribution is -0.122. The number of rotatable bonds is 8. The minimum atomic E-state index is -3.61. The molecule has 0 saturated carbocycles. The Morgan fingerprint density at radius 2 is 1.73 bits per heavy atom. The van der Waals surface area contributed by atoms with E-state index in [4.69, 9.17) is 4.74 Å². The summed E-state index contributed by atoms with van der Waals surface area (Å²) in [6.45, 7) is 4.24. The van der Waals surface area contributed by atoms with Crippen molar-refractivity contribution in [3.05, 3.63) is 60.2 Å². The first-order valence-corrected chi connectivity index (χ1v) is 10.2. The van der Waals surface area contributed by atoms with Crippen molar-refractivity contribution in [2.75, 3.05) is 17.2 Å². The molecule has 6 nitrogen and oxygen atoms in total. The number of nitrogens with zero attached hydrogens (tertiary/aromatic N) is 1. The molecule has 0 aromatic heterocycles. The van der Waals surface area contributed by atoms with E-state index in [0.29, 0.717) is 18.0 Å². The number of hydrogen-bond donors (Lipinski definition) is 1. The normalized spacial score (nSPS) is 12.3. The van der Waals surface area contributed by atoms with Gasteiger partial charge in [-0.25, -0.2) is 8.42 Å². The van der Waals surface area contributed by atoms with E-state index in [1.165, 1.54) is 0 Å². The summed E-state index contributed by atoms with van der Waals surface area (Å²) in [5, 5.41) is 2.79. The van der Waals surface area contributed by atoms with Crippen molar-refractivity contribution < 1.29 is 17.9 Å². The first-order valence-electron chi connectivity index (χ1n) is 8.37. The van der Waals surface area contributed by atoms with Crippen LogP contribution in [0.2, 0.25) is 0 Å². The highest BCUT2D eigenvalue weighted by Gasteiger charge is 2.28. The molecule has 0 radical (unpaired) electrons. The zero-order chi connectivity index (χ0) is 19.2. The summed E-state index contributed by atoms with van der Waals surface area (Å²) in [6.07, 6.45) is 1.09. The number of benzene rings is 2. The van der Waals surface area contributed by atoms with Gasteiger partial charge in [0.1, 0.15) is 11.8 Å². The van der Waals surface area contributed by atoms with Gasteiger partial charge in [-0.15, -0.1) is 0 Å². The lowest BCUT2D eigenvalue weighted by atomic mass is 10.2. The molecule has 26 heavy (non-hydrogen) atoms. The van der Waals surface area contributed by atoms with Crippen LogP contribution in [0.5, 0.6) is 5.75 Å². The summed E-state index contributed by atoms with van der Waals surface area (Å²) in [7, 11) is -3.61. The maximum absolute atomic E-state index is 12.6. The molecule has 0 aliphatic heterocycles. The maximum Gasteiger partial charge on any atom is 0.243 e. The molecule has 2 aromatic carbocycles. The topological polar surface area (TPSA) is 75.7 Å². The molecule has 2 aromatic rings. The number of sulfonamides is 1. The van der Waals surface area contributed by atoms with Crippen LogP contribution in [0.1, 0.15) is 19.4 Å². The summed E-state index contributed by atoms with van der Waals surface area (Å²) < 4.78 is 31.1. The van der Waals surface area contributed by atoms with Gasteiger partial charge < -0.3 is 10.1 Å². The van der Waals surface area contributed by atoms with Crippen LogP contribution in [0.15, 0.2) is 54.6 Å². The Labute approximate surface area is 154 Å². The number of ether oxygens (including phenoxy) is 1. The molecule has 0 aliphatic carbocycles. The second-order valence-electron chi connectivity index (χ2n) is 5.83. The van der Waals surface area contributed by atoms with E-state index in [1.807, 2.05) is 31.2 Å². The number of anilines is 1. The summed E-state index contributed by atoms with van der Waals surface area (Å²) in [6, 6.07) is 15.1. The average molecular weight is 376 g/mol. The Balaban J connectivity index is 2.15. The molecule has 7 heteroatoms. The predicted octanol–water partition coefficient (Wildman–Crippen LogP) is 2.56. The quantitative estimate of drug-likeness (QED) is 0.768. The minimum Gasteiger partial charge on any atom is -0.494 e. The molecule has 1 atom stereocenters. The van der Waals surface area contributed by atoms with Crippen molar-refractivity contribution in [2.45, 2.75) is 26.4 Å². The fourth-order valence-corrected chi connectivity index (χ4v) is 3.83. The van der Waals surface area contributed by atoms with Gasteiger partial charge in [-0.1, -0.05) is 36.4 Å². The molecule has 1 N–H and O–H groups in total. The van der Waals surface area contributed by atoms with E-state index in [2.05, 4.69) is 5.32 Å². The van der Waals surface area contributed by atoms with Gasteiger partial charge in [-0.2, -0.15) is 0 Å². The third-order valence-corrected chi connectivity index (χ3v) is 5.07. The zero-order valence-electron chi connectivity index (χ0n) is 15.2. The number of nitrogens with one attached hydrogen (secondary N) is 1. The van der Waals surface area contributed by atoms with E-state index in [9.17, 15) is 13.2 Å². The van der Waals surface area contributed by atoms with Crippen molar-refractivity contribution in [2.24, 2.45) is 0 Å². The van der Waals surface area contributed by atoms with Crippen LogP contribution < -0.4 is 14.4 Å². The van der Waals surface area contributed by atoms with Crippen LogP contribution in [0.4, 0.5) is 5.69 Å². The van der Waals surface area contributed by atoms with Crippen LogP contribution >= 0.6 is 0 Å². The maximum atomic E-state index is 12.6. The van der Waals surface area contributed by atoms with Crippen molar-refractivity contribution >= 4 is 21.6 Å². The second-order valence-corrected chi connectivity index (χ2v) is 7.69. The molecule has 1 unspecified atom stereocenters. The van der Waals surface area contributed by atoms with Crippen LogP contribution in [0.25, 0.3) is 0 Å². The standard InChI is InChI=1S/C19H24N2O4S/c1-4-25-18-13-9-8-10-16(18)14-20-19(22)15(2)21(26(3,23)24)17-11-6-5-7-12-17/h5-13,15H,4,14H2,1-3H3,(H,20,22). The van der Waals surface area contributed by atoms with Crippen LogP contribution in [0.3, 0.4) is 0 Å². The van der Waals surface area contributed by atoms with Crippen molar-refractivity contribution in [3.8, 4) is 5.75 Å². The second kappa shape index (κ2) is 8.71. The van der Waals surface area contributed by atoms with Gasteiger partial charge in [-0.3, -0.25) is 9.10 Å². The third-order valence-electron chi connectivity index (χ3n) is 3.82. The molecular formula is C19H24N2O4S. The van der Waals surface area contributed by atoms with E-state index >= 15 is 0 Å². The van der Waals surface area contributed by atoms with E-state index in [0.717, 1.165) is 16.1 Å². The van der Waals surface area contributed by atoms with Crippen molar-refractivity contribution in [1.82, 2.24) is 5.32 Å². The number of carbonyl (C=O) groups is 1. The first-order chi connectivity index (χ1) is 12.3. The highest BCUT2D eigenvalue weighted by atomic mass is 32.2. The molecule has 0 saturated heterocycles. The van der Waals surface area contributed by atoms with E-state index in [1.54, 1.807) is 37.3 Å². The summed E-state index contributed by atoms with van der Waals surface area (Å²) >= 11 is 0. The van der Waals surface area contributed by atoms with Gasteiger partial charge >= 0.3 is 0 Å². The van der Waals surface area contributed by atoms with Crippen LogP contribution in [-0.2, 0) is 21.4 Å². The Bertz CT molecular complexity index is 838.